The van der Waals surface area contributed by atoms with Crippen LogP contribution in [-0.4, -0.2) is 29.7 Å². The third-order valence-electron chi connectivity index (χ3n) is 1.94. The summed E-state index contributed by atoms with van der Waals surface area (Å²) in [5.74, 6) is 0.0254. The zero-order valence-corrected chi connectivity index (χ0v) is 7.90. The number of aliphatic hydroxyl groups is 1. The molecule has 0 radical (unpaired) electrons. The Morgan fingerprint density at radius 3 is 2.92 bits per heavy atom. The average molecular weight is 184 g/mol. The van der Waals surface area contributed by atoms with Crippen molar-refractivity contribution in [1.82, 2.24) is 0 Å². The molecule has 1 fully saturated rings. The van der Waals surface area contributed by atoms with E-state index in [1.54, 1.807) is 0 Å². The van der Waals surface area contributed by atoms with Gasteiger partial charge in [0.25, 0.3) is 0 Å². The molecule has 0 aromatic heterocycles. The first-order valence-corrected chi connectivity index (χ1v) is 4.71. The van der Waals surface area contributed by atoms with Gasteiger partial charge in [-0.15, -0.1) is 0 Å². The summed E-state index contributed by atoms with van der Waals surface area (Å²) in [5.41, 5.74) is 0. The molecule has 1 rings (SSSR count). The number of hydrogen-bond acceptors (Lipinski definition) is 3. The van der Waals surface area contributed by atoms with E-state index in [0.717, 1.165) is 6.42 Å². The summed E-state index contributed by atoms with van der Waals surface area (Å²) in [4.78, 5) is 11.1. The van der Waals surface area contributed by atoms with Crippen LogP contribution in [0.1, 0.15) is 26.2 Å². The predicted molar refractivity (Wildman–Crippen MR) is 49.4 cm³/mol. The molecule has 0 saturated carbocycles. The van der Waals surface area contributed by atoms with E-state index in [2.05, 4.69) is 0 Å². The van der Waals surface area contributed by atoms with Crippen molar-refractivity contribution in [3.05, 3.63) is 12.2 Å². The van der Waals surface area contributed by atoms with Gasteiger partial charge in [-0.05, 0) is 12.8 Å². The van der Waals surface area contributed by atoms with E-state index < -0.39 is 6.10 Å². The van der Waals surface area contributed by atoms with Crippen LogP contribution in [0.2, 0.25) is 0 Å². The summed E-state index contributed by atoms with van der Waals surface area (Å²) in [6.07, 6.45) is 4.88. The second-order valence-corrected chi connectivity index (χ2v) is 3.26. The van der Waals surface area contributed by atoms with Gasteiger partial charge in [0, 0.05) is 6.42 Å². The lowest BCUT2D eigenvalue weighted by molar-refractivity contribution is -0.122. The number of aliphatic hydroxyl groups excluding tert-OH is 1. The van der Waals surface area contributed by atoms with E-state index in [9.17, 15) is 9.90 Å². The van der Waals surface area contributed by atoms with E-state index >= 15 is 0 Å². The van der Waals surface area contributed by atoms with Crippen molar-refractivity contribution in [2.75, 3.05) is 6.61 Å². The van der Waals surface area contributed by atoms with Gasteiger partial charge in [-0.1, -0.05) is 19.1 Å². The van der Waals surface area contributed by atoms with E-state index in [1.807, 2.05) is 19.1 Å². The summed E-state index contributed by atoms with van der Waals surface area (Å²) < 4.78 is 4.82. The second-order valence-electron chi connectivity index (χ2n) is 3.26. The van der Waals surface area contributed by atoms with Gasteiger partial charge in [0.15, 0.2) is 5.78 Å². The molecule has 2 atom stereocenters. The highest BCUT2D eigenvalue weighted by Crippen LogP contribution is 2.14. The van der Waals surface area contributed by atoms with Gasteiger partial charge in [-0.25, -0.2) is 0 Å². The largest absolute Gasteiger partial charge is 0.392 e. The molecule has 2 unspecified atom stereocenters. The highest BCUT2D eigenvalue weighted by molar-refractivity contribution is 5.85. The fourth-order valence-electron chi connectivity index (χ4n) is 1.10. The number of hydrogen-bond donors (Lipinski definition) is 1. The third-order valence-corrected chi connectivity index (χ3v) is 1.94. The maximum absolute atomic E-state index is 11.1. The normalized spacial score (nSPS) is 23.4. The van der Waals surface area contributed by atoms with E-state index in [0.29, 0.717) is 13.0 Å². The van der Waals surface area contributed by atoms with Crippen molar-refractivity contribution in [3.8, 4) is 0 Å². The highest BCUT2D eigenvalue weighted by Gasteiger charge is 2.31. The molecular weight excluding hydrogens is 168 g/mol. The molecule has 1 heterocycles. The predicted octanol–water partition coefficient (Wildman–Crippen LogP) is 1.06. The first kappa shape index (κ1) is 10.4. The van der Waals surface area contributed by atoms with Crippen LogP contribution < -0.4 is 0 Å². The first-order chi connectivity index (χ1) is 6.24. The third kappa shape index (κ3) is 4.20. The SMILES string of the molecule is CCC=CCC(O)CC(=O)C1CO1. The van der Waals surface area contributed by atoms with Gasteiger partial charge in [-0.3, -0.25) is 4.79 Å². The number of allylic oxidation sites excluding steroid dienone is 1. The van der Waals surface area contributed by atoms with Crippen LogP contribution in [0, 0.1) is 0 Å². The van der Waals surface area contributed by atoms with Crippen LogP contribution in [0.15, 0.2) is 12.2 Å². The number of carbonyl (C=O) groups is 1. The average Bonchev–Trinajstić information content (AvgIpc) is 2.86. The van der Waals surface area contributed by atoms with Crippen LogP contribution in [0.5, 0.6) is 0 Å². The van der Waals surface area contributed by atoms with Gasteiger partial charge in [0.2, 0.25) is 0 Å². The van der Waals surface area contributed by atoms with Crippen molar-refractivity contribution >= 4 is 5.78 Å². The zero-order chi connectivity index (χ0) is 9.68. The zero-order valence-electron chi connectivity index (χ0n) is 7.90. The van der Waals surface area contributed by atoms with Crippen LogP contribution in [0.25, 0.3) is 0 Å². The molecule has 1 N–H and O–H groups in total. The molecule has 3 nitrogen and oxygen atoms in total. The van der Waals surface area contributed by atoms with Crippen LogP contribution in [-0.2, 0) is 9.53 Å². The van der Waals surface area contributed by atoms with E-state index in [4.69, 9.17) is 4.74 Å². The number of ketones is 1. The molecule has 0 amide bonds. The molecule has 0 bridgehead atoms. The Balaban J connectivity index is 2.12. The lowest BCUT2D eigenvalue weighted by Crippen LogP contribution is -2.16. The number of Topliss-reactive ketones (excluding diaryl/α,β-unsaturated/α-hetero) is 1. The topological polar surface area (TPSA) is 49.8 Å². The number of rotatable bonds is 6. The Hall–Kier alpha value is -0.670. The summed E-state index contributed by atoms with van der Waals surface area (Å²) in [5, 5.41) is 9.40. The van der Waals surface area contributed by atoms with Crippen LogP contribution >= 0.6 is 0 Å². The van der Waals surface area contributed by atoms with E-state index in [1.165, 1.54) is 0 Å². The summed E-state index contributed by atoms with van der Waals surface area (Å²) >= 11 is 0. The Bertz CT molecular complexity index is 194. The molecule has 0 aliphatic carbocycles. The van der Waals surface area contributed by atoms with Crippen molar-refractivity contribution in [1.29, 1.82) is 0 Å². The Labute approximate surface area is 78.4 Å². The molecule has 0 aromatic carbocycles. The lowest BCUT2D eigenvalue weighted by Gasteiger charge is -2.04. The van der Waals surface area contributed by atoms with Gasteiger partial charge in [0.1, 0.15) is 6.10 Å². The molecule has 1 aliphatic rings. The molecule has 13 heavy (non-hydrogen) atoms. The molecular formula is C10H16O3. The number of ether oxygens (including phenoxy) is 1. The van der Waals surface area contributed by atoms with Crippen molar-refractivity contribution in [2.24, 2.45) is 0 Å². The molecule has 3 heteroatoms. The molecule has 0 aromatic rings. The minimum Gasteiger partial charge on any atom is -0.392 e. The standard InChI is InChI=1S/C10H16O3/c1-2-3-4-5-8(11)6-9(12)10-7-13-10/h3-4,8,10-11H,2,5-7H2,1H3. The van der Waals surface area contributed by atoms with Crippen LogP contribution in [0.4, 0.5) is 0 Å². The molecule has 74 valence electrons. The van der Waals surface area contributed by atoms with Crippen molar-refractivity contribution < 1.29 is 14.6 Å². The number of carbonyl (C=O) groups excluding carboxylic acids is 1. The Kier molecular flexibility index (Phi) is 4.12. The van der Waals surface area contributed by atoms with Crippen molar-refractivity contribution in [3.63, 3.8) is 0 Å². The Morgan fingerprint density at radius 1 is 1.69 bits per heavy atom. The molecule has 0 spiro atoms. The Morgan fingerprint density at radius 2 is 2.38 bits per heavy atom. The van der Waals surface area contributed by atoms with Crippen molar-refractivity contribution in [2.45, 2.75) is 38.4 Å². The van der Waals surface area contributed by atoms with Gasteiger partial charge in [-0.2, -0.15) is 0 Å². The monoisotopic (exact) mass is 184 g/mol. The van der Waals surface area contributed by atoms with Gasteiger partial charge >= 0.3 is 0 Å². The van der Waals surface area contributed by atoms with Crippen LogP contribution in [0.3, 0.4) is 0 Å². The number of epoxide rings is 1. The first-order valence-electron chi connectivity index (χ1n) is 4.71. The lowest BCUT2D eigenvalue weighted by atomic mass is 10.1. The summed E-state index contributed by atoms with van der Waals surface area (Å²) in [6, 6.07) is 0. The highest BCUT2D eigenvalue weighted by atomic mass is 16.6. The second kappa shape index (κ2) is 5.14. The molecule has 1 saturated heterocycles. The smallest absolute Gasteiger partial charge is 0.166 e. The minimum atomic E-state index is -0.542. The van der Waals surface area contributed by atoms with E-state index in [-0.39, 0.29) is 18.3 Å². The molecule has 1 aliphatic heterocycles. The minimum absolute atomic E-state index is 0.0254. The fourth-order valence-corrected chi connectivity index (χ4v) is 1.10. The maximum Gasteiger partial charge on any atom is 0.166 e. The quantitative estimate of drug-likeness (QED) is 0.496. The van der Waals surface area contributed by atoms with Gasteiger partial charge < -0.3 is 9.84 Å². The fraction of sp³-hybridized carbons (Fsp3) is 0.700. The van der Waals surface area contributed by atoms with Gasteiger partial charge in [0.05, 0.1) is 12.7 Å². The summed E-state index contributed by atoms with van der Waals surface area (Å²) in [7, 11) is 0. The summed E-state index contributed by atoms with van der Waals surface area (Å²) in [6.45, 7) is 2.57. The maximum atomic E-state index is 11.1.